The molecule has 3 aromatic rings. The van der Waals surface area contributed by atoms with Gasteiger partial charge in [-0.25, -0.2) is 4.79 Å². The van der Waals surface area contributed by atoms with Crippen molar-refractivity contribution in [1.29, 1.82) is 0 Å². The van der Waals surface area contributed by atoms with E-state index in [0.29, 0.717) is 15.6 Å². The standard InChI is InChI=1S/C25H21Cl2NO4/c26-22-11-5-6-15(23(22)27)12-16(24(29)30)13-28-25(31)32-14-21-19-9-3-1-7-17(19)18-8-2-4-10-20(18)21/h1-11,16,21H,12-14H2,(H,28,31)(H,29,30)/t16-/m0/s1. The Morgan fingerprint density at radius 2 is 1.56 bits per heavy atom. The fourth-order valence-corrected chi connectivity index (χ4v) is 4.47. The predicted molar refractivity (Wildman–Crippen MR) is 124 cm³/mol. The Hall–Kier alpha value is -3.02. The van der Waals surface area contributed by atoms with Gasteiger partial charge in [-0.1, -0.05) is 83.9 Å². The Morgan fingerprint density at radius 1 is 0.938 bits per heavy atom. The van der Waals surface area contributed by atoms with Crippen LogP contribution in [0.4, 0.5) is 4.79 Å². The average molecular weight is 470 g/mol. The molecule has 7 heteroatoms. The van der Waals surface area contributed by atoms with Gasteiger partial charge in [0.25, 0.3) is 0 Å². The summed E-state index contributed by atoms with van der Waals surface area (Å²) in [6.45, 7) is 0.0760. The number of nitrogens with one attached hydrogen (secondary N) is 1. The lowest BCUT2D eigenvalue weighted by Gasteiger charge is -2.17. The van der Waals surface area contributed by atoms with Crippen LogP contribution in [0.3, 0.4) is 0 Å². The Morgan fingerprint density at radius 3 is 2.19 bits per heavy atom. The number of fused-ring (bicyclic) bond motifs is 3. The van der Waals surface area contributed by atoms with Crippen molar-refractivity contribution in [3.63, 3.8) is 0 Å². The van der Waals surface area contributed by atoms with Gasteiger partial charge >= 0.3 is 12.1 Å². The second-order valence-corrected chi connectivity index (χ2v) is 8.44. The maximum absolute atomic E-state index is 12.4. The van der Waals surface area contributed by atoms with Crippen LogP contribution in [0.5, 0.6) is 0 Å². The lowest BCUT2D eigenvalue weighted by molar-refractivity contribution is -0.141. The van der Waals surface area contributed by atoms with Crippen LogP contribution < -0.4 is 5.32 Å². The number of carboxylic acid groups (broad SMARTS) is 1. The SMILES string of the molecule is O=C(NC[C@H](Cc1cccc(Cl)c1Cl)C(=O)O)OCC1c2ccccc2-c2ccccc21. The molecule has 0 saturated heterocycles. The molecule has 2 N–H and O–H groups in total. The van der Waals surface area contributed by atoms with Crippen molar-refractivity contribution in [2.75, 3.05) is 13.2 Å². The van der Waals surface area contributed by atoms with E-state index in [1.807, 2.05) is 36.4 Å². The third kappa shape index (κ3) is 4.59. The number of hydrogen-bond acceptors (Lipinski definition) is 3. The van der Waals surface area contributed by atoms with E-state index in [2.05, 4.69) is 17.4 Å². The molecule has 1 amide bonds. The summed E-state index contributed by atoms with van der Waals surface area (Å²) in [7, 11) is 0. The van der Waals surface area contributed by atoms with Crippen molar-refractivity contribution in [3.8, 4) is 11.1 Å². The number of hydrogen-bond donors (Lipinski definition) is 2. The Balaban J connectivity index is 1.38. The van der Waals surface area contributed by atoms with Crippen molar-refractivity contribution in [1.82, 2.24) is 5.32 Å². The van der Waals surface area contributed by atoms with Crippen molar-refractivity contribution < 1.29 is 19.4 Å². The van der Waals surface area contributed by atoms with E-state index in [1.54, 1.807) is 18.2 Å². The van der Waals surface area contributed by atoms with Crippen LogP contribution in [0, 0.1) is 5.92 Å². The maximum atomic E-state index is 12.4. The largest absolute Gasteiger partial charge is 0.481 e. The Labute approximate surface area is 195 Å². The Kier molecular flexibility index (Phi) is 6.68. The summed E-state index contributed by atoms with van der Waals surface area (Å²) >= 11 is 12.2. The van der Waals surface area contributed by atoms with E-state index >= 15 is 0 Å². The number of rotatable bonds is 7. The highest BCUT2D eigenvalue weighted by Gasteiger charge is 2.29. The van der Waals surface area contributed by atoms with Crippen LogP contribution in [0.15, 0.2) is 66.7 Å². The summed E-state index contributed by atoms with van der Waals surface area (Å²) in [5.74, 6) is -1.97. The smallest absolute Gasteiger partial charge is 0.407 e. The van der Waals surface area contributed by atoms with E-state index in [4.69, 9.17) is 27.9 Å². The molecule has 0 radical (unpaired) electrons. The molecule has 4 rings (SSSR count). The maximum Gasteiger partial charge on any atom is 0.407 e. The molecule has 0 heterocycles. The van der Waals surface area contributed by atoms with Gasteiger partial charge in [0.15, 0.2) is 0 Å². The summed E-state index contributed by atoms with van der Waals surface area (Å²) in [6.07, 6.45) is -0.520. The summed E-state index contributed by atoms with van der Waals surface area (Å²) in [5.41, 5.74) is 5.12. The minimum atomic E-state index is -1.04. The monoisotopic (exact) mass is 469 g/mol. The molecule has 0 aliphatic heterocycles. The first-order valence-electron chi connectivity index (χ1n) is 10.2. The molecular formula is C25H21Cl2NO4. The van der Waals surface area contributed by atoms with E-state index in [1.165, 1.54) is 0 Å². The number of amides is 1. The van der Waals surface area contributed by atoms with E-state index in [9.17, 15) is 14.7 Å². The number of ether oxygens (including phenoxy) is 1. The highest BCUT2D eigenvalue weighted by atomic mass is 35.5. The molecule has 3 aromatic carbocycles. The van der Waals surface area contributed by atoms with Crippen molar-refractivity contribution in [2.24, 2.45) is 5.92 Å². The second-order valence-electron chi connectivity index (χ2n) is 7.66. The fourth-order valence-electron chi connectivity index (χ4n) is 4.07. The Bertz CT molecular complexity index is 1120. The van der Waals surface area contributed by atoms with Crippen LogP contribution in [-0.4, -0.2) is 30.3 Å². The van der Waals surface area contributed by atoms with Crippen LogP contribution in [0.2, 0.25) is 10.0 Å². The number of alkyl carbamates (subject to hydrolysis) is 1. The molecule has 0 fully saturated rings. The van der Waals surface area contributed by atoms with Crippen molar-refractivity contribution in [2.45, 2.75) is 12.3 Å². The number of benzene rings is 3. The van der Waals surface area contributed by atoms with Crippen LogP contribution >= 0.6 is 23.2 Å². The van der Waals surface area contributed by atoms with Gasteiger partial charge in [0.2, 0.25) is 0 Å². The van der Waals surface area contributed by atoms with Gasteiger partial charge in [0.1, 0.15) is 6.61 Å². The van der Waals surface area contributed by atoms with Crippen LogP contribution in [0.1, 0.15) is 22.6 Å². The van der Waals surface area contributed by atoms with Gasteiger partial charge in [-0.3, -0.25) is 4.79 Å². The van der Waals surface area contributed by atoms with Gasteiger partial charge in [-0.05, 0) is 40.3 Å². The minimum absolute atomic E-state index is 0.0614. The van der Waals surface area contributed by atoms with Crippen molar-refractivity contribution in [3.05, 3.63) is 93.5 Å². The minimum Gasteiger partial charge on any atom is -0.481 e. The van der Waals surface area contributed by atoms with Gasteiger partial charge in [0, 0.05) is 12.5 Å². The van der Waals surface area contributed by atoms with E-state index in [0.717, 1.165) is 22.3 Å². The van der Waals surface area contributed by atoms with E-state index < -0.39 is 18.0 Å². The zero-order valence-corrected chi connectivity index (χ0v) is 18.6. The molecule has 0 bridgehead atoms. The second kappa shape index (κ2) is 9.63. The number of carbonyl (C=O) groups excluding carboxylic acids is 1. The van der Waals surface area contributed by atoms with Crippen molar-refractivity contribution >= 4 is 35.3 Å². The number of aliphatic carboxylic acids is 1. The number of carboxylic acids is 1. The first kappa shape index (κ1) is 22.2. The average Bonchev–Trinajstić information content (AvgIpc) is 3.11. The molecule has 0 aromatic heterocycles. The predicted octanol–water partition coefficient (Wildman–Crippen LogP) is 5.78. The zero-order valence-electron chi connectivity index (χ0n) is 17.1. The normalized spacial score (nSPS) is 13.2. The molecule has 1 aliphatic rings. The number of halogens is 2. The third-order valence-corrected chi connectivity index (χ3v) is 6.54. The summed E-state index contributed by atoms with van der Waals surface area (Å²) in [5, 5.41) is 12.8. The first-order valence-corrected chi connectivity index (χ1v) is 11.0. The molecule has 1 aliphatic carbocycles. The lowest BCUT2D eigenvalue weighted by atomic mass is 9.98. The highest BCUT2D eigenvalue weighted by molar-refractivity contribution is 6.42. The van der Waals surface area contributed by atoms with Gasteiger partial charge in [0.05, 0.1) is 16.0 Å². The van der Waals surface area contributed by atoms with Crippen LogP contribution in [-0.2, 0) is 16.0 Å². The molecule has 0 unspecified atom stereocenters. The molecular weight excluding hydrogens is 449 g/mol. The molecule has 1 atom stereocenters. The fraction of sp³-hybridized carbons (Fsp3) is 0.200. The molecule has 164 valence electrons. The lowest BCUT2D eigenvalue weighted by Crippen LogP contribution is -2.35. The molecule has 5 nitrogen and oxygen atoms in total. The summed E-state index contributed by atoms with van der Waals surface area (Å²) in [4.78, 5) is 24.0. The summed E-state index contributed by atoms with van der Waals surface area (Å²) in [6, 6.07) is 21.2. The molecule has 32 heavy (non-hydrogen) atoms. The van der Waals surface area contributed by atoms with Gasteiger partial charge in [-0.15, -0.1) is 0 Å². The third-order valence-electron chi connectivity index (χ3n) is 5.68. The first-order chi connectivity index (χ1) is 15.5. The van der Waals surface area contributed by atoms with Gasteiger partial charge < -0.3 is 15.2 Å². The highest BCUT2D eigenvalue weighted by Crippen LogP contribution is 2.44. The quantitative estimate of drug-likeness (QED) is 0.460. The zero-order chi connectivity index (χ0) is 22.7. The van der Waals surface area contributed by atoms with E-state index in [-0.39, 0.29) is 25.5 Å². The van der Waals surface area contributed by atoms with Crippen LogP contribution in [0.25, 0.3) is 11.1 Å². The molecule has 0 saturated carbocycles. The molecule has 0 spiro atoms. The van der Waals surface area contributed by atoms with Gasteiger partial charge in [-0.2, -0.15) is 0 Å². The summed E-state index contributed by atoms with van der Waals surface area (Å²) < 4.78 is 5.47. The topological polar surface area (TPSA) is 75.6 Å². The number of carbonyl (C=O) groups is 2.